The van der Waals surface area contributed by atoms with Gasteiger partial charge in [0.2, 0.25) is 0 Å². The van der Waals surface area contributed by atoms with Gasteiger partial charge in [-0.3, -0.25) is 0 Å². The number of hydrogen-bond donors (Lipinski definition) is 1. The lowest BCUT2D eigenvalue weighted by molar-refractivity contribution is -0.141. The molecule has 0 fully saturated rings. The maximum Gasteiger partial charge on any atom is 0.433 e. The van der Waals surface area contributed by atoms with E-state index in [4.69, 9.17) is 10.00 Å². The summed E-state index contributed by atoms with van der Waals surface area (Å²) in [5.41, 5.74) is -0.135. The third-order valence-corrected chi connectivity index (χ3v) is 3.20. The zero-order chi connectivity index (χ0) is 17.6. The van der Waals surface area contributed by atoms with Crippen LogP contribution in [-0.4, -0.2) is 11.1 Å². The zero-order valence-electron chi connectivity index (χ0n) is 13.0. The fourth-order valence-electron chi connectivity index (χ4n) is 1.98. The molecular weight excluding hydrogens is 319 g/mol. The smallest absolute Gasteiger partial charge is 0.433 e. The number of halogens is 3. The number of hydrogen-bond acceptors (Lipinski definition) is 4. The second kappa shape index (κ2) is 7.68. The molecule has 0 aliphatic heterocycles. The Balaban J connectivity index is 2.04. The van der Waals surface area contributed by atoms with E-state index in [1.54, 1.807) is 24.3 Å². The molecule has 0 bridgehead atoms. The lowest BCUT2D eigenvalue weighted by Crippen LogP contribution is -2.12. The lowest BCUT2D eigenvalue weighted by atomic mass is 10.2. The molecule has 0 spiro atoms. The van der Waals surface area contributed by atoms with Gasteiger partial charge in [-0.1, -0.05) is 25.1 Å². The normalized spacial score (nSPS) is 12.3. The van der Waals surface area contributed by atoms with Crippen molar-refractivity contribution in [3.63, 3.8) is 0 Å². The van der Waals surface area contributed by atoms with Crippen LogP contribution in [0.15, 0.2) is 42.5 Å². The molecular formula is C17H16F3N3O. The number of nitriles is 1. The minimum absolute atomic E-state index is 0.139. The highest BCUT2D eigenvalue weighted by Crippen LogP contribution is 2.28. The molecule has 7 heteroatoms. The largest absolute Gasteiger partial charge is 0.476 e. The highest BCUT2D eigenvalue weighted by atomic mass is 19.4. The van der Waals surface area contributed by atoms with Crippen LogP contribution in [0.5, 0.6) is 5.75 Å². The van der Waals surface area contributed by atoms with Crippen molar-refractivity contribution in [2.24, 2.45) is 0 Å². The summed E-state index contributed by atoms with van der Waals surface area (Å²) in [5, 5.41) is 11.8. The SMILES string of the molecule is CCC(C#N)Oc1cccc(CNc2cccc(C(F)(F)F)n2)c1. The van der Waals surface area contributed by atoms with Crippen LogP contribution < -0.4 is 10.1 Å². The van der Waals surface area contributed by atoms with Gasteiger partial charge >= 0.3 is 6.18 Å². The van der Waals surface area contributed by atoms with Gasteiger partial charge in [0, 0.05) is 6.54 Å². The van der Waals surface area contributed by atoms with Crippen LogP contribution in [0.25, 0.3) is 0 Å². The maximum atomic E-state index is 12.6. The molecule has 1 atom stereocenters. The van der Waals surface area contributed by atoms with Crippen LogP contribution in [0.1, 0.15) is 24.6 Å². The first-order valence-electron chi connectivity index (χ1n) is 7.35. The average molecular weight is 335 g/mol. The van der Waals surface area contributed by atoms with E-state index in [1.165, 1.54) is 12.1 Å². The molecule has 126 valence electrons. The van der Waals surface area contributed by atoms with Gasteiger partial charge in [0.25, 0.3) is 0 Å². The van der Waals surface area contributed by atoms with E-state index >= 15 is 0 Å². The minimum atomic E-state index is -4.47. The van der Waals surface area contributed by atoms with Crippen LogP contribution in [0.2, 0.25) is 0 Å². The lowest BCUT2D eigenvalue weighted by Gasteiger charge is -2.12. The van der Waals surface area contributed by atoms with E-state index in [0.717, 1.165) is 11.6 Å². The Kier molecular flexibility index (Phi) is 5.64. The fraction of sp³-hybridized carbons (Fsp3) is 0.294. The number of alkyl halides is 3. The summed E-state index contributed by atoms with van der Waals surface area (Å²) in [6.45, 7) is 2.13. The van der Waals surface area contributed by atoms with Crippen molar-refractivity contribution >= 4 is 5.82 Å². The van der Waals surface area contributed by atoms with Crippen LogP contribution in [-0.2, 0) is 12.7 Å². The number of rotatable bonds is 6. The van der Waals surface area contributed by atoms with E-state index in [9.17, 15) is 13.2 Å². The van der Waals surface area contributed by atoms with Gasteiger partial charge in [0.15, 0.2) is 6.10 Å². The Morgan fingerprint density at radius 3 is 2.67 bits per heavy atom. The van der Waals surface area contributed by atoms with Crippen molar-refractivity contribution in [3.05, 3.63) is 53.7 Å². The molecule has 1 aromatic carbocycles. The first-order valence-corrected chi connectivity index (χ1v) is 7.35. The number of nitrogens with one attached hydrogen (secondary N) is 1. The molecule has 1 heterocycles. The average Bonchev–Trinajstić information content (AvgIpc) is 2.58. The molecule has 0 aliphatic carbocycles. The van der Waals surface area contributed by atoms with Crippen molar-refractivity contribution in [3.8, 4) is 11.8 Å². The first-order chi connectivity index (χ1) is 11.4. The van der Waals surface area contributed by atoms with Crippen LogP contribution in [0.4, 0.5) is 19.0 Å². The van der Waals surface area contributed by atoms with E-state index < -0.39 is 18.0 Å². The van der Waals surface area contributed by atoms with E-state index in [0.29, 0.717) is 12.2 Å². The molecule has 4 nitrogen and oxygen atoms in total. The van der Waals surface area contributed by atoms with Crippen molar-refractivity contribution in [2.75, 3.05) is 5.32 Å². The summed E-state index contributed by atoms with van der Waals surface area (Å²) in [4.78, 5) is 3.55. The fourth-order valence-corrected chi connectivity index (χ4v) is 1.98. The summed E-state index contributed by atoms with van der Waals surface area (Å²) in [5.74, 6) is 0.680. The summed E-state index contributed by atoms with van der Waals surface area (Å²) < 4.78 is 43.4. The number of benzene rings is 1. The second-order valence-electron chi connectivity index (χ2n) is 5.05. The molecule has 0 saturated carbocycles. The van der Waals surface area contributed by atoms with Crippen molar-refractivity contribution in [1.82, 2.24) is 4.98 Å². The highest BCUT2D eigenvalue weighted by Gasteiger charge is 2.32. The molecule has 0 aliphatic rings. The molecule has 0 saturated heterocycles. The van der Waals surface area contributed by atoms with E-state index in [-0.39, 0.29) is 12.4 Å². The van der Waals surface area contributed by atoms with E-state index in [1.807, 2.05) is 13.0 Å². The minimum Gasteiger partial charge on any atom is -0.476 e. The summed E-state index contributed by atoms with van der Waals surface area (Å²) >= 11 is 0. The summed E-state index contributed by atoms with van der Waals surface area (Å²) in [7, 11) is 0. The number of ether oxygens (including phenoxy) is 1. The topological polar surface area (TPSA) is 57.9 Å². The van der Waals surface area contributed by atoms with Crippen molar-refractivity contribution < 1.29 is 17.9 Å². The van der Waals surface area contributed by atoms with Gasteiger partial charge in [0.1, 0.15) is 23.3 Å². The molecule has 24 heavy (non-hydrogen) atoms. The Hall–Kier alpha value is -2.75. The van der Waals surface area contributed by atoms with Gasteiger partial charge in [-0.2, -0.15) is 18.4 Å². The molecule has 0 amide bonds. The number of anilines is 1. The quantitative estimate of drug-likeness (QED) is 0.850. The first kappa shape index (κ1) is 17.6. The number of aromatic nitrogens is 1. The van der Waals surface area contributed by atoms with Gasteiger partial charge < -0.3 is 10.1 Å². The van der Waals surface area contributed by atoms with Crippen LogP contribution in [0.3, 0.4) is 0 Å². The van der Waals surface area contributed by atoms with Gasteiger partial charge in [0.05, 0.1) is 0 Å². The maximum absolute atomic E-state index is 12.6. The van der Waals surface area contributed by atoms with Gasteiger partial charge in [-0.05, 0) is 36.2 Å². The standard InChI is InChI=1S/C17H16F3N3O/c1-2-13(10-21)24-14-6-3-5-12(9-14)11-22-16-8-4-7-15(23-16)17(18,19)20/h3-9,13H,2,11H2,1H3,(H,22,23). The molecule has 1 unspecified atom stereocenters. The Labute approximate surface area is 137 Å². The van der Waals surface area contributed by atoms with E-state index in [2.05, 4.69) is 10.3 Å². The second-order valence-corrected chi connectivity index (χ2v) is 5.05. The predicted molar refractivity (Wildman–Crippen MR) is 83.3 cm³/mol. The Morgan fingerprint density at radius 1 is 1.25 bits per heavy atom. The van der Waals surface area contributed by atoms with Crippen LogP contribution >= 0.6 is 0 Å². The Morgan fingerprint density at radius 2 is 2.00 bits per heavy atom. The molecule has 2 aromatic rings. The summed E-state index contributed by atoms with van der Waals surface area (Å²) in [6, 6.07) is 12.8. The Bertz CT molecular complexity index is 726. The monoisotopic (exact) mass is 335 g/mol. The number of nitrogens with zero attached hydrogens (tertiary/aromatic N) is 2. The molecule has 2 rings (SSSR count). The molecule has 1 aromatic heterocycles. The van der Waals surface area contributed by atoms with Crippen molar-refractivity contribution in [1.29, 1.82) is 5.26 Å². The highest BCUT2D eigenvalue weighted by molar-refractivity contribution is 5.38. The predicted octanol–water partition coefficient (Wildman–Crippen LogP) is 4.39. The zero-order valence-corrected chi connectivity index (χ0v) is 13.0. The molecule has 0 radical (unpaired) electrons. The molecule has 1 N–H and O–H groups in total. The van der Waals surface area contributed by atoms with Crippen LogP contribution in [0, 0.1) is 11.3 Å². The van der Waals surface area contributed by atoms with Gasteiger partial charge in [-0.15, -0.1) is 0 Å². The van der Waals surface area contributed by atoms with Crippen molar-refractivity contribution in [2.45, 2.75) is 32.2 Å². The van der Waals surface area contributed by atoms with Gasteiger partial charge in [-0.25, -0.2) is 4.98 Å². The third kappa shape index (κ3) is 4.88. The summed E-state index contributed by atoms with van der Waals surface area (Å²) in [6.07, 6.45) is -4.44. The third-order valence-electron chi connectivity index (χ3n) is 3.20. The number of pyridine rings is 1.